The summed E-state index contributed by atoms with van der Waals surface area (Å²) in [7, 11) is 0. The van der Waals surface area contributed by atoms with Crippen LogP contribution in [0.2, 0.25) is 0 Å². The maximum absolute atomic E-state index is 3.26. The van der Waals surface area contributed by atoms with E-state index >= 15 is 0 Å². The van der Waals surface area contributed by atoms with Crippen molar-refractivity contribution in [3.63, 3.8) is 0 Å². The van der Waals surface area contributed by atoms with Crippen molar-refractivity contribution in [2.75, 3.05) is 10.6 Å². The molecule has 0 radical (unpaired) electrons. The first-order valence-electron chi connectivity index (χ1n) is 6.07. The Hall–Kier alpha value is -2.22. The van der Waals surface area contributed by atoms with E-state index in [1.165, 1.54) is 11.1 Å². The zero-order chi connectivity index (χ0) is 12.8. The van der Waals surface area contributed by atoms with Crippen molar-refractivity contribution >= 4 is 11.4 Å². The van der Waals surface area contributed by atoms with Gasteiger partial charge < -0.3 is 10.6 Å². The second kappa shape index (κ2) is 5.92. The quantitative estimate of drug-likeness (QED) is 0.830. The summed E-state index contributed by atoms with van der Waals surface area (Å²) in [5.41, 5.74) is 4.72. The Morgan fingerprint density at radius 3 is 1.44 bits per heavy atom. The number of aryl methyl sites for hydroxylation is 2. The van der Waals surface area contributed by atoms with E-state index in [1.54, 1.807) is 0 Å². The van der Waals surface area contributed by atoms with Crippen molar-refractivity contribution < 1.29 is 0 Å². The highest BCUT2D eigenvalue weighted by molar-refractivity contribution is 5.54. The van der Waals surface area contributed by atoms with Gasteiger partial charge in [-0.15, -0.1) is 0 Å². The van der Waals surface area contributed by atoms with Gasteiger partial charge in [-0.25, -0.2) is 0 Å². The molecule has 0 aliphatic rings. The van der Waals surface area contributed by atoms with Crippen LogP contribution in [0.3, 0.4) is 0 Å². The number of para-hydroxylation sites is 2. The molecule has 2 nitrogen and oxygen atoms in total. The summed E-state index contributed by atoms with van der Waals surface area (Å²) in [4.78, 5) is 0. The van der Waals surface area contributed by atoms with Gasteiger partial charge in [0.1, 0.15) is 0 Å². The predicted molar refractivity (Wildman–Crippen MR) is 78.7 cm³/mol. The Bertz CT molecular complexity index is 495. The van der Waals surface area contributed by atoms with Gasteiger partial charge >= 0.3 is 0 Å². The third kappa shape index (κ3) is 3.14. The summed E-state index contributed by atoms with van der Waals surface area (Å²) in [6.07, 6.45) is 3.82. The predicted octanol–water partition coefficient (Wildman–Crippen LogP) is 4.30. The monoisotopic (exact) mass is 238 g/mol. The molecule has 0 aliphatic carbocycles. The normalized spacial score (nSPS) is 10.6. The first-order valence-corrected chi connectivity index (χ1v) is 6.07. The van der Waals surface area contributed by atoms with Crippen LogP contribution in [0.1, 0.15) is 11.1 Å². The molecular weight excluding hydrogens is 220 g/mol. The maximum atomic E-state index is 3.26. The Morgan fingerprint density at radius 1 is 0.667 bits per heavy atom. The molecule has 2 N–H and O–H groups in total. The maximum Gasteiger partial charge on any atom is 0.0409 e. The Labute approximate surface area is 108 Å². The molecule has 0 unspecified atom stereocenters. The van der Waals surface area contributed by atoms with E-state index in [0.29, 0.717) is 0 Å². The van der Waals surface area contributed by atoms with Crippen LogP contribution < -0.4 is 10.6 Å². The molecule has 2 heteroatoms. The molecule has 0 bridgehead atoms. The molecule has 0 saturated heterocycles. The summed E-state index contributed by atoms with van der Waals surface area (Å²) < 4.78 is 0. The Morgan fingerprint density at radius 2 is 1.06 bits per heavy atom. The van der Waals surface area contributed by atoms with Crippen molar-refractivity contribution in [2.24, 2.45) is 0 Å². The Balaban J connectivity index is 1.94. The highest BCUT2D eigenvalue weighted by Crippen LogP contribution is 2.14. The lowest BCUT2D eigenvalue weighted by Crippen LogP contribution is -1.94. The van der Waals surface area contributed by atoms with Crippen molar-refractivity contribution in [1.82, 2.24) is 0 Å². The van der Waals surface area contributed by atoms with Crippen LogP contribution >= 0.6 is 0 Å². The van der Waals surface area contributed by atoms with Crippen LogP contribution in [0.5, 0.6) is 0 Å². The van der Waals surface area contributed by atoms with Crippen LogP contribution in [0.4, 0.5) is 11.4 Å². The number of benzene rings is 2. The minimum absolute atomic E-state index is 1.13. The molecule has 0 aromatic heterocycles. The van der Waals surface area contributed by atoms with Gasteiger partial charge in [0, 0.05) is 23.8 Å². The van der Waals surface area contributed by atoms with Gasteiger partial charge in [0.05, 0.1) is 0 Å². The summed E-state index contributed by atoms with van der Waals surface area (Å²) in [5.74, 6) is 0. The van der Waals surface area contributed by atoms with Gasteiger partial charge in [0.25, 0.3) is 0 Å². The third-order valence-corrected chi connectivity index (χ3v) is 2.85. The zero-order valence-electron chi connectivity index (χ0n) is 10.8. The summed E-state index contributed by atoms with van der Waals surface area (Å²) >= 11 is 0. The van der Waals surface area contributed by atoms with Gasteiger partial charge in [-0.2, -0.15) is 0 Å². The highest BCUT2D eigenvalue weighted by atomic mass is 14.9. The molecule has 0 aliphatic heterocycles. The molecule has 0 amide bonds. The van der Waals surface area contributed by atoms with Crippen molar-refractivity contribution in [2.45, 2.75) is 13.8 Å². The van der Waals surface area contributed by atoms with Gasteiger partial charge in [-0.05, 0) is 37.1 Å². The molecule has 92 valence electrons. The van der Waals surface area contributed by atoms with E-state index in [9.17, 15) is 0 Å². The SMILES string of the molecule is Cc1ccccc1N/C=C\Nc1ccccc1C. The van der Waals surface area contributed by atoms with Crippen LogP contribution in [-0.2, 0) is 0 Å². The molecule has 0 heterocycles. The van der Waals surface area contributed by atoms with Gasteiger partial charge in [-0.1, -0.05) is 36.4 Å². The van der Waals surface area contributed by atoms with E-state index in [-0.39, 0.29) is 0 Å². The molecule has 0 saturated carbocycles. The van der Waals surface area contributed by atoms with E-state index in [2.05, 4.69) is 48.7 Å². The van der Waals surface area contributed by atoms with Crippen molar-refractivity contribution in [3.05, 3.63) is 72.1 Å². The smallest absolute Gasteiger partial charge is 0.0409 e. The number of hydrogen-bond donors (Lipinski definition) is 2. The molecule has 0 spiro atoms. The summed E-state index contributed by atoms with van der Waals surface area (Å²) in [6, 6.07) is 16.4. The van der Waals surface area contributed by atoms with Gasteiger partial charge in [0.15, 0.2) is 0 Å². The lowest BCUT2D eigenvalue weighted by atomic mass is 10.2. The number of rotatable bonds is 4. The van der Waals surface area contributed by atoms with Crippen LogP contribution in [0.25, 0.3) is 0 Å². The summed E-state index contributed by atoms with van der Waals surface area (Å²) in [6.45, 7) is 4.18. The fraction of sp³-hybridized carbons (Fsp3) is 0.125. The van der Waals surface area contributed by atoms with Crippen molar-refractivity contribution in [1.29, 1.82) is 0 Å². The third-order valence-electron chi connectivity index (χ3n) is 2.85. The lowest BCUT2D eigenvalue weighted by Gasteiger charge is -2.06. The van der Waals surface area contributed by atoms with Crippen LogP contribution in [0.15, 0.2) is 60.9 Å². The molecule has 2 rings (SSSR count). The fourth-order valence-corrected chi connectivity index (χ4v) is 1.73. The minimum atomic E-state index is 1.13. The first kappa shape index (κ1) is 12.2. The molecule has 2 aromatic carbocycles. The second-order valence-corrected chi connectivity index (χ2v) is 4.25. The second-order valence-electron chi connectivity index (χ2n) is 4.25. The van der Waals surface area contributed by atoms with Crippen LogP contribution in [-0.4, -0.2) is 0 Å². The Kier molecular flexibility index (Phi) is 4.02. The van der Waals surface area contributed by atoms with Crippen molar-refractivity contribution in [3.8, 4) is 0 Å². The number of hydrogen-bond acceptors (Lipinski definition) is 2. The average Bonchev–Trinajstić information content (AvgIpc) is 2.38. The largest absolute Gasteiger partial charge is 0.360 e. The summed E-state index contributed by atoms with van der Waals surface area (Å²) in [5, 5.41) is 6.52. The van der Waals surface area contributed by atoms with Gasteiger partial charge in [0.2, 0.25) is 0 Å². The van der Waals surface area contributed by atoms with Gasteiger partial charge in [-0.3, -0.25) is 0 Å². The van der Waals surface area contributed by atoms with E-state index in [0.717, 1.165) is 11.4 Å². The standard InChI is InChI=1S/C16H18N2/c1-13-7-3-5-9-15(13)17-11-12-18-16-10-6-4-8-14(16)2/h3-12,17-18H,1-2H3/b12-11-. The van der Waals surface area contributed by atoms with E-state index < -0.39 is 0 Å². The first-order chi connectivity index (χ1) is 8.77. The molecule has 0 fully saturated rings. The molecule has 2 aromatic rings. The fourth-order valence-electron chi connectivity index (χ4n) is 1.73. The zero-order valence-corrected chi connectivity index (χ0v) is 10.8. The topological polar surface area (TPSA) is 24.1 Å². The minimum Gasteiger partial charge on any atom is -0.360 e. The average molecular weight is 238 g/mol. The molecule has 0 atom stereocenters. The molecular formula is C16H18N2. The lowest BCUT2D eigenvalue weighted by molar-refractivity contribution is 1.41. The van der Waals surface area contributed by atoms with E-state index in [1.807, 2.05) is 36.7 Å². The molecule has 18 heavy (non-hydrogen) atoms. The van der Waals surface area contributed by atoms with E-state index in [4.69, 9.17) is 0 Å². The number of nitrogens with one attached hydrogen (secondary N) is 2. The highest BCUT2D eigenvalue weighted by Gasteiger charge is 1.93. The van der Waals surface area contributed by atoms with Crippen LogP contribution in [0, 0.1) is 13.8 Å². The number of anilines is 2.